The van der Waals surface area contributed by atoms with Crippen molar-refractivity contribution in [2.75, 3.05) is 0 Å². The maximum Gasteiger partial charge on any atom is 0.428 e. The van der Waals surface area contributed by atoms with Gasteiger partial charge in [0.05, 0.1) is 11.1 Å². The first-order valence-corrected chi connectivity index (χ1v) is 5.47. The second kappa shape index (κ2) is 5.54. The largest absolute Gasteiger partial charge is 0.428 e. The molecule has 0 fully saturated rings. The van der Waals surface area contributed by atoms with Gasteiger partial charge in [-0.05, 0) is 23.8 Å². The lowest BCUT2D eigenvalue weighted by Crippen LogP contribution is -2.10. The Hall–Kier alpha value is -1.39. The fourth-order valence-electron chi connectivity index (χ4n) is 1.28. The van der Waals surface area contributed by atoms with Crippen LogP contribution in [0.2, 0.25) is 5.02 Å². The zero-order chi connectivity index (χ0) is 15.7. The second-order valence-electron chi connectivity index (χ2n) is 3.52. The molecule has 0 N–H and O–H groups in total. The molecule has 1 aromatic rings. The Morgan fingerprint density at radius 1 is 1.05 bits per heavy atom. The smallest absolute Gasteiger partial charge is 0.192 e. The first-order chi connectivity index (χ1) is 8.96. The van der Waals surface area contributed by atoms with Crippen LogP contribution in [0.4, 0.5) is 26.3 Å². The van der Waals surface area contributed by atoms with Gasteiger partial charge < -0.3 is 0 Å². The lowest BCUT2D eigenvalue weighted by atomic mass is 10.0. The molecule has 0 aliphatic rings. The molecule has 0 atom stereocenters. The fourth-order valence-corrected chi connectivity index (χ4v) is 1.67. The van der Waals surface area contributed by atoms with Gasteiger partial charge in [-0.25, -0.2) is 0 Å². The predicted octanol–water partition coefficient (Wildman–Crippen LogP) is 5.39. The molecule has 1 aromatic carbocycles. The minimum absolute atomic E-state index is 0.374. The van der Waals surface area contributed by atoms with E-state index in [2.05, 4.69) is 0 Å². The number of rotatable bonds is 1. The van der Waals surface area contributed by atoms with Gasteiger partial charge in [0.15, 0.2) is 0 Å². The molecule has 0 aliphatic carbocycles. The predicted molar refractivity (Wildman–Crippen MR) is 60.9 cm³/mol. The van der Waals surface area contributed by atoms with Crippen molar-refractivity contribution in [2.45, 2.75) is 12.4 Å². The third kappa shape index (κ3) is 3.81. The highest BCUT2D eigenvalue weighted by Crippen LogP contribution is 2.38. The molecule has 0 aromatic heterocycles. The molecule has 0 amide bonds. The second-order valence-corrected chi connectivity index (χ2v) is 4.34. The number of alkyl halides is 6. The van der Waals surface area contributed by atoms with E-state index < -0.39 is 39.1 Å². The van der Waals surface area contributed by atoms with Crippen LogP contribution in [-0.4, -0.2) is 6.18 Å². The van der Waals surface area contributed by atoms with Crippen molar-refractivity contribution in [3.8, 4) is 6.07 Å². The van der Waals surface area contributed by atoms with Crippen LogP contribution >= 0.6 is 23.2 Å². The molecule has 0 spiro atoms. The molecule has 20 heavy (non-hydrogen) atoms. The van der Waals surface area contributed by atoms with Crippen LogP contribution in [0.15, 0.2) is 23.2 Å². The highest BCUT2D eigenvalue weighted by molar-refractivity contribution is 6.34. The van der Waals surface area contributed by atoms with Crippen LogP contribution in [0.3, 0.4) is 0 Å². The van der Waals surface area contributed by atoms with Gasteiger partial charge >= 0.3 is 12.4 Å². The summed E-state index contributed by atoms with van der Waals surface area (Å²) in [4.78, 5) is 0. The SMILES string of the molecule is N#CC(=C(Cl)C(F)(F)F)c1cc(Cl)cc(C(F)(F)F)c1. The van der Waals surface area contributed by atoms with Gasteiger partial charge in [-0.1, -0.05) is 23.2 Å². The maximum absolute atomic E-state index is 12.5. The highest BCUT2D eigenvalue weighted by atomic mass is 35.5. The summed E-state index contributed by atoms with van der Waals surface area (Å²) in [5.74, 6) is 0. The van der Waals surface area contributed by atoms with Crippen LogP contribution in [0.5, 0.6) is 0 Å². The summed E-state index contributed by atoms with van der Waals surface area (Å²) in [6, 6.07) is 2.83. The van der Waals surface area contributed by atoms with Crippen LogP contribution in [-0.2, 0) is 6.18 Å². The average molecular weight is 334 g/mol. The Morgan fingerprint density at radius 3 is 2.00 bits per heavy atom. The van der Waals surface area contributed by atoms with Gasteiger partial charge in [-0.3, -0.25) is 0 Å². The van der Waals surface area contributed by atoms with E-state index >= 15 is 0 Å². The molecule has 0 aliphatic heterocycles. The molecule has 0 saturated carbocycles. The number of hydrogen-bond acceptors (Lipinski definition) is 1. The summed E-state index contributed by atoms with van der Waals surface area (Å²) < 4.78 is 74.8. The molecule has 0 unspecified atom stereocenters. The first-order valence-electron chi connectivity index (χ1n) is 4.72. The summed E-state index contributed by atoms with van der Waals surface area (Å²) in [5, 5.41) is 6.41. The summed E-state index contributed by atoms with van der Waals surface area (Å²) in [6.45, 7) is 0. The van der Waals surface area contributed by atoms with E-state index in [1.807, 2.05) is 0 Å². The summed E-state index contributed by atoms with van der Waals surface area (Å²) in [7, 11) is 0. The third-order valence-electron chi connectivity index (χ3n) is 2.09. The first kappa shape index (κ1) is 16.7. The van der Waals surface area contributed by atoms with Crippen molar-refractivity contribution in [3.63, 3.8) is 0 Å². The number of halogens is 8. The molecular weight excluding hydrogens is 331 g/mol. The van der Waals surface area contributed by atoms with E-state index in [0.29, 0.717) is 12.1 Å². The third-order valence-corrected chi connectivity index (χ3v) is 2.72. The van der Waals surface area contributed by atoms with Crippen molar-refractivity contribution in [2.24, 2.45) is 0 Å². The van der Waals surface area contributed by atoms with E-state index in [1.54, 1.807) is 0 Å². The highest BCUT2D eigenvalue weighted by Gasteiger charge is 2.37. The average Bonchev–Trinajstić information content (AvgIpc) is 2.26. The maximum atomic E-state index is 12.5. The van der Waals surface area contributed by atoms with E-state index in [4.69, 9.17) is 28.5 Å². The minimum atomic E-state index is -5.05. The van der Waals surface area contributed by atoms with E-state index in [0.717, 1.165) is 12.1 Å². The van der Waals surface area contributed by atoms with E-state index in [1.165, 1.54) is 0 Å². The molecular formula is C11H3Cl2F6N. The van der Waals surface area contributed by atoms with Crippen molar-refractivity contribution in [3.05, 3.63) is 39.4 Å². The minimum Gasteiger partial charge on any atom is -0.192 e. The molecule has 1 rings (SSSR count). The number of allylic oxidation sites excluding steroid dienone is 2. The van der Waals surface area contributed by atoms with Gasteiger partial charge in [0.2, 0.25) is 0 Å². The number of nitrogens with zero attached hydrogens (tertiary/aromatic N) is 1. The zero-order valence-electron chi connectivity index (χ0n) is 9.20. The number of nitriles is 1. The van der Waals surface area contributed by atoms with Crippen LogP contribution in [0.25, 0.3) is 5.57 Å². The molecule has 0 saturated heterocycles. The zero-order valence-corrected chi connectivity index (χ0v) is 10.7. The van der Waals surface area contributed by atoms with Crippen LogP contribution < -0.4 is 0 Å². The quantitative estimate of drug-likeness (QED) is 0.499. The van der Waals surface area contributed by atoms with Crippen molar-refractivity contribution < 1.29 is 26.3 Å². The molecule has 9 heteroatoms. The van der Waals surface area contributed by atoms with Crippen LogP contribution in [0.1, 0.15) is 11.1 Å². The van der Waals surface area contributed by atoms with Crippen LogP contribution in [0, 0.1) is 11.3 Å². The lowest BCUT2D eigenvalue weighted by molar-refractivity contribution is -0.137. The molecule has 0 bridgehead atoms. The Balaban J connectivity index is 3.55. The molecule has 0 heterocycles. The summed E-state index contributed by atoms with van der Waals surface area (Å²) in [5.41, 5.74) is -3.07. The standard InChI is InChI=1S/C11H3Cl2F6N/c12-7-2-5(1-6(3-7)10(14,15)16)8(4-20)9(13)11(17,18)19/h1-3H. The van der Waals surface area contributed by atoms with Gasteiger partial charge in [0.25, 0.3) is 0 Å². The monoisotopic (exact) mass is 333 g/mol. The molecule has 0 radical (unpaired) electrons. The molecule has 1 nitrogen and oxygen atoms in total. The Kier molecular flexibility index (Phi) is 4.62. The van der Waals surface area contributed by atoms with Crippen molar-refractivity contribution in [1.82, 2.24) is 0 Å². The Morgan fingerprint density at radius 2 is 1.60 bits per heavy atom. The summed E-state index contributed by atoms with van der Waals surface area (Å²) >= 11 is 10.4. The van der Waals surface area contributed by atoms with E-state index in [9.17, 15) is 26.3 Å². The van der Waals surface area contributed by atoms with Gasteiger partial charge in [0, 0.05) is 5.02 Å². The fraction of sp³-hybridized carbons (Fsp3) is 0.182. The summed E-state index contributed by atoms with van der Waals surface area (Å²) in [6.07, 6.45) is -9.86. The molecule has 108 valence electrons. The Labute approximate surface area is 119 Å². The van der Waals surface area contributed by atoms with Gasteiger partial charge in [-0.2, -0.15) is 31.6 Å². The van der Waals surface area contributed by atoms with Gasteiger partial charge in [0.1, 0.15) is 11.1 Å². The van der Waals surface area contributed by atoms with E-state index in [-0.39, 0.29) is 0 Å². The number of hydrogen-bond donors (Lipinski definition) is 0. The topological polar surface area (TPSA) is 23.8 Å². The number of benzene rings is 1. The normalized spacial score (nSPS) is 13.8. The van der Waals surface area contributed by atoms with Crippen molar-refractivity contribution in [1.29, 1.82) is 5.26 Å². The lowest BCUT2D eigenvalue weighted by Gasteiger charge is -2.11. The Bertz CT molecular complexity index is 594. The van der Waals surface area contributed by atoms with Crippen molar-refractivity contribution >= 4 is 28.8 Å². The van der Waals surface area contributed by atoms with Gasteiger partial charge in [-0.15, -0.1) is 0 Å².